The van der Waals surface area contributed by atoms with E-state index in [4.69, 9.17) is 4.74 Å². The minimum atomic E-state index is -0.261. The minimum Gasteiger partial charge on any atom is -0.383 e. The van der Waals surface area contributed by atoms with Crippen LogP contribution in [0.5, 0.6) is 0 Å². The zero-order chi connectivity index (χ0) is 11.3. The highest BCUT2D eigenvalue weighted by Gasteiger charge is 2.27. The molecule has 0 aromatic carbocycles. The Hall–Kier alpha value is -0.940. The van der Waals surface area contributed by atoms with Crippen molar-refractivity contribution in [1.82, 2.24) is 10.6 Å². The topological polar surface area (TPSA) is 67.4 Å². The molecule has 15 heavy (non-hydrogen) atoms. The van der Waals surface area contributed by atoms with Crippen molar-refractivity contribution >= 4 is 11.8 Å². The molecular formula is C10H18N2O3. The van der Waals surface area contributed by atoms with Gasteiger partial charge >= 0.3 is 0 Å². The maximum absolute atomic E-state index is 11.4. The smallest absolute Gasteiger partial charge is 0.243 e. The molecule has 1 aliphatic heterocycles. The van der Waals surface area contributed by atoms with Crippen LogP contribution in [0.4, 0.5) is 0 Å². The van der Waals surface area contributed by atoms with Crippen molar-refractivity contribution in [1.29, 1.82) is 0 Å². The lowest BCUT2D eigenvalue weighted by Crippen LogP contribution is -2.54. The molecule has 0 aromatic heterocycles. The molecule has 1 fully saturated rings. The van der Waals surface area contributed by atoms with Gasteiger partial charge in [-0.1, -0.05) is 6.92 Å². The fourth-order valence-corrected chi connectivity index (χ4v) is 1.62. The maximum atomic E-state index is 11.4. The van der Waals surface area contributed by atoms with Gasteiger partial charge in [0.2, 0.25) is 11.8 Å². The number of ether oxygens (including phenoxy) is 1. The summed E-state index contributed by atoms with van der Waals surface area (Å²) < 4.78 is 5.03. The van der Waals surface area contributed by atoms with Crippen molar-refractivity contribution in [3.8, 4) is 0 Å². The average molecular weight is 214 g/mol. The number of carbonyl (C=O) groups is 2. The quantitative estimate of drug-likeness (QED) is 0.622. The number of methoxy groups -OCH3 is 1. The molecule has 86 valence electrons. The zero-order valence-electron chi connectivity index (χ0n) is 9.21. The summed E-state index contributed by atoms with van der Waals surface area (Å²) in [6.07, 6.45) is 1.88. The molecule has 0 spiro atoms. The predicted molar refractivity (Wildman–Crippen MR) is 55.3 cm³/mol. The van der Waals surface area contributed by atoms with Gasteiger partial charge in [-0.2, -0.15) is 0 Å². The summed E-state index contributed by atoms with van der Waals surface area (Å²) in [7, 11) is 1.63. The molecule has 0 aromatic rings. The van der Waals surface area contributed by atoms with Crippen LogP contribution in [0.1, 0.15) is 26.2 Å². The number of carbonyl (C=O) groups excluding carboxylic acids is 2. The van der Waals surface area contributed by atoms with E-state index in [-0.39, 0.29) is 23.9 Å². The van der Waals surface area contributed by atoms with Crippen molar-refractivity contribution in [2.24, 2.45) is 0 Å². The average Bonchev–Trinajstić information content (AvgIpc) is 2.21. The van der Waals surface area contributed by atoms with Crippen LogP contribution in [-0.2, 0) is 14.3 Å². The van der Waals surface area contributed by atoms with Crippen molar-refractivity contribution in [3.05, 3.63) is 0 Å². The summed E-state index contributed by atoms with van der Waals surface area (Å²) in [4.78, 5) is 22.3. The summed E-state index contributed by atoms with van der Waals surface area (Å²) in [5, 5.41) is 5.51. The van der Waals surface area contributed by atoms with Crippen LogP contribution in [0.15, 0.2) is 0 Å². The molecule has 2 atom stereocenters. The summed E-state index contributed by atoms with van der Waals surface area (Å²) in [6, 6.07) is -0.0956. The fourth-order valence-electron chi connectivity index (χ4n) is 1.62. The minimum absolute atomic E-state index is 0.166. The Labute approximate surface area is 89.6 Å². The van der Waals surface area contributed by atoms with Crippen LogP contribution in [-0.4, -0.2) is 37.6 Å². The van der Waals surface area contributed by atoms with E-state index in [9.17, 15) is 9.59 Å². The van der Waals surface area contributed by atoms with E-state index in [1.54, 1.807) is 7.11 Å². The number of imide groups is 1. The van der Waals surface area contributed by atoms with Crippen molar-refractivity contribution < 1.29 is 14.3 Å². The Kier molecular flexibility index (Phi) is 4.71. The maximum Gasteiger partial charge on any atom is 0.243 e. The predicted octanol–water partition coefficient (Wildman–Crippen LogP) is -0.194. The lowest BCUT2D eigenvalue weighted by molar-refractivity contribution is -0.135. The highest BCUT2D eigenvalue weighted by Crippen LogP contribution is 2.06. The van der Waals surface area contributed by atoms with Crippen molar-refractivity contribution in [3.63, 3.8) is 0 Å². The molecule has 2 unspecified atom stereocenters. The van der Waals surface area contributed by atoms with Crippen molar-refractivity contribution in [2.45, 2.75) is 38.3 Å². The monoisotopic (exact) mass is 214 g/mol. The molecule has 5 heteroatoms. The van der Waals surface area contributed by atoms with E-state index in [0.717, 1.165) is 6.42 Å². The Balaban J connectivity index is 2.42. The third-order valence-corrected chi connectivity index (χ3v) is 2.54. The normalized spacial score (nSPS) is 23.7. The van der Waals surface area contributed by atoms with Gasteiger partial charge in [-0.15, -0.1) is 0 Å². The van der Waals surface area contributed by atoms with Crippen LogP contribution < -0.4 is 10.6 Å². The number of hydrogen-bond donors (Lipinski definition) is 2. The first-order valence-corrected chi connectivity index (χ1v) is 5.26. The fraction of sp³-hybridized carbons (Fsp3) is 0.800. The second kappa shape index (κ2) is 5.82. The van der Waals surface area contributed by atoms with Gasteiger partial charge in [-0.25, -0.2) is 0 Å². The van der Waals surface area contributed by atoms with E-state index < -0.39 is 0 Å². The third-order valence-electron chi connectivity index (χ3n) is 2.54. The largest absolute Gasteiger partial charge is 0.383 e. The Morgan fingerprint density at radius 2 is 2.33 bits per heavy atom. The molecule has 5 nitrogen and oxygen atoms in total. The number of rotatable bonds is 5. The number of hydrogen-bond acceptors (Lipinski definition) is 4. The van der Waals surface area contributed by atoms with Gasteiger partial charge in [0.05, 0.1) is 12.6 Å². The first kappa shape index (κ1) is 12.1. The van der Waals surface area contributed by atoms with Gasteiger partial charge in [0.25, 0.3) is 0 Å². The first-order valence-electron chi connectivity index (χ1n) is 5.26. The number of nitrogens with one attached hydrogen (secondary N) is 2. The lowest BCUT2D eigenvalue weighted by Gasteiger charge is -2.26. The first-order chi connectivity index (χ1) is 7.17. The molecule has 1 aliphatic rings. The van der Waals surface area contributed by atoms with E-state index >= 15 is 0 Å². The highest BCUT2D eigenvalue weighted by atomic mass is 16.5. The third kappa shape index (κ3) is 3.60. The van der Waals surface area contributed by atoms with Gasteiger partial charge in [0, 0.05) is 19.6 Å². The molecule has 0 saturated carbocycles. The lowest BCUT2D eigenvalue weighted by atomic mass is 10.0. The van der Waals surface area contributed by atoms with Crippen molar-refractivity contribution in [2.75, 3.05) is 13.7 Å². The molecule has 0 bridgehead atoms. The van der Waals surface area contributed by atoms with E-state index in [2.05, 4.69) is 10.6 Å². The van der Waals surface area contributed by atoms with Gasteiger partial charge < -0.3 is 10.1 Å². The summed E-state index contributed by atoms with van der Waals surface area (Å²) >= 11 is 0. The summed E-state index contributed by atoms with van der Waals surface area (Å²) in [5.41, 5.74) is 0. The van der Waals surface area contributed by atoms with Crippen LogP contribution in [0, 0.1) is 0 Å². The molecule has 0 radical (unpaired) electrons. The van der Waals surface area contributed by atoms with Gasteiger partial charge in [0.1, 0.15) is 0 Å². The molecule has 2 N–H and O–H groups in total. The summed E-state index contributed by atoms with van der Waals surface area (Å²) in [6.45, 7) is 2.61. The zero-order valence-corrected chi connectivity index (χ0v) is 9.21. The Morgan fingerprint density at radius 1 is 1.60 bits per heavy atom. The molecule has 2 amide bonds. The van der Waals surface area contributed by atoms with E-state index in [0.29, 0.717) is 19.4 Å². The van der Waals surface area contributed by atoms with Crippen LogP contribution in [0.3, 0.4) is 0 Å². The van der Waals surface area contributed by atoms with E-state index in [1.165, 1.54) is 0 Å². The summed E-state index contributed by atoms with van der Waals surface area (Å²) in [5.74, 6) is -0.404. The van der Waals surface area contributed by atoms with Gasteiger partial charge in [0.15, 0.2) is 0 Å². The Morgan fingerprint density at radius 3 is 2.87 bits per heavy atom. The second-order valence-corrected chi connectivity index (χ2v) is 3.73. The molecule has 1 saturated heterocycles. The Bertz CT molecular complexity index is 243. The van der Waals surface area contributed by atoms with Crippen LogP contribution in [0.2, 0.25) is 0 Å². The highest BCUT2D eigenvalue weighted by molar-refractivity contribution is 6.00. The van der Waals surface area contributed by atoms with E-state index in [1.807, 2.05) is 6.92 Å². The van der Waals surface area contributed by atoms with Gasteiger partial charge in [-0.05, 0) is 12.8 Å². The molecule has 1 rings (SSSR count). The molecular weight excluding hydrogens is 196 g/mol. The SMILES string of the molecule is CCC(COC)NC1CCC(=O)NC1=O. The number of amides is 2. The van der Waals surface area contributed by atoms with Gasteiger partial charge in [-0.3, -0.25) is 14.9 Å². The standard InChI is InChI=1S/C10H18N2O3/c1-3-7(6-15-2)11-8-4-5-9(13)12-10(8)14/h7-8,11H,3-6H2,1-2H3,(H,12,13,14). The van der Waals surface area contributed by atoms with Crippen LogP contribution in [0.25, 0.3) is 0 Å². The number of piperidine rings is 1. The van der Waals surface area contributed by atoms with Crippen LogP contribution >= 0.6 is 0 Å². The molecule has 1 heterocycles. The molecule has 0 aliphatic carbocycles. The second-order valence-electron chi connectivity index (χ2n) is 3.73.